The van der Waals surface area contributed by atoms with Crippen molar-refractivity contribution >= 4 is 11.6 Å². The summed E-state index contributed by atoms with van der Waals surface area (Å²) < 4.78 is 1.57. The van der Waals surface area contributed by atoms with Crippen molar-refractivity contribution in [2.24, 2.45) is 0 Å². The van der Waals surface area contributed by atoms with E-state index >= 15 is 0 Å². The van der Waals surface area contributed by atoms with Crippen LogP contribution in [0.1, 0.15) is 37.2 Å². The Morgan fingerprint density at radius 3 is 2.85 bits per heavy atom. The summed E-state index contributed by atoms with van der Waals surface area (Å²) in [6.45, 7) is 4.84. The van der Waals surface area contributed by atoms with Crippen molar-refractivity contribution in [1.82, 2.24) is 9.47 Å². The van der Waals surface area contributed by atoms with Crippen LogP contribution in [0, 0.1) is 10.1 Å². The molecular formula is C13H19N3O4. The van der Waals surface area contributed by atoms with E-state index in [0.29, 0.717) is 25.2 Å². The number of carbonyl (C=O) groups excluding carboxylic acids is 1. The Labute approximate surface area is 116 Å². The molecule has 20 heavy (non-hydrogen) atoms. The first-order valence-electron chi connectivity index (χ1n) is 6.70. The van der Waals surface area contributed by atoms with Crippen molar-refractivity contribution in [3.05, 3.63) is 28.1 Å². The van der Waals surface area contributed by atoms with E-state index < -0.39 is 10.5 Å². The lowest BCUT2D eigenvalue weighted by Gasteiger charge is -2.36. The first-order valence-corrected chi connectivity index (χ1v) is 6.70. The van der Waals surface area contributed by atoms with Gasteiger partial charge in [0, 0.05) is 25.7 Å². The molecule has 2 heterocycles. The van der Waals surface area contributed by atoms with E-state index in [1.54, 1.807) is 16.4 Å². The third-order valence-corrected chi connectivity index (χ3v) is 3.61. The molecule has 1 aliphatic heterocycles. The van der Waals surface area contributed by atoms with Crippen LogP contribution in [0.15, 0.2) is 12.3 Å². The Hall–Kier alpha value is -1.89. The molecule has 1 saturated heterocycles. The number of likely N-dealkylation sites (tertiary alicyclic amines) is 1. The van der Waals surface area contributed by atoms with Crippen molar-refractivity contribution in [2.45, 2.75) is 38.8 Å². The van der Waals surface area contributed by atoms with Crippen LogP contribution in [0.3, 0.4) is 0 Å². The van der Waals surface area contributed by atoms with Crippen LogP contribution in [0.4, 0.5) is 5.69 Å². The van der Waals surface area contributed by atoms with E-state index in [-0.39, 0.29) is 18.1 Å². The highest BCUT2D eigenvalue weighted by Gasteiger charge is 2.33. The summed E-state index contributed by atoms with van der Waals surface area (Å²) in [5, 5.41) is 20.9. The summed E-state index contributed by atoms with van der Waals surface area (Å²) >= 11 is 0. The van der Waals surface area contributed by atoms with Gasteiger partial charge in [-0.2, -0.15) is 0 Å². The third kappa shape index (κ3) is 2.82. The van der Waals surface area contributed by atoms with Gasteiger partial charge in [-0.15, -0.1) is 0 Å². The molecule has 0 bridgehead atoms. The lowest BCUT2D eigenvalue weighted by molar-refractivity contribution is -0.384. The second-order valence-corrected chi connectivity index (χ2v) is 5.45. The maximum atomic E-state index is 12.5. The molecule has 1 unspecified atom stereocenters. The highest BCUT2D eigenvalue weighted by Crippen LogP contribution is 2.24. The number of amides is 1. The molecule has 1 aromatic rings. The summed E-state index contributed by atoms with van der Waals surface area (Å²) in [5.41, 5.74) is -0.667. The molecule has 0 aromatic carbocycles. The minimum absolute atomic E-state index is 0.0843. The average Bonchev–Trinajstić information content (AvgIpc) is 2.80. The van der Waals surface area contributed by atoms with Crippen LogP contribution >= 0.6 is 0 Å². The fourth-order valence-electron chi connectivity index (χ4n) is 2.59. The number of aromatic nitrogens is 1. The van der Waals surface area contributed by atoms with E-state index in [4.69, 9.17) is 0 Å². The normalized spacial score (nSPS) is 22.9. The Balaban J connectivity index is 2.26. The number of β-amino-alcohol motifs (C(OH)–C–C–N with tert-alkyl or cyclic N) is 1. The molecule has 7 heteroatoms. The van der Waals surface area contributed by atoms with Crippen LogP contribution in [-0.4, -0.2) is 44.1 Å². The number of aryl methyl sites for hydroxylation is 1. The molecule has 0 saturated carbocycles. The number of carbonyl (C=O) groups is 1. The monoisotopic (exact) mass is 281 g/mol. The summed E-state index contributed by atoms with van der Waals surface area (Å²) in [6.07, 6.45) is 2.76. The number of hydrogen-bond donors (Lipinski definition) is 1. The largest absolute Gasteiger partial charge is 0.388 e. The van der Waals surface area contributed by atoms with Gasteiger partial charge in [-0.1, -0.05) is 0 Å². The van der Waals surface area contributed by atoms with Crippen molar-refractivity contribution in [1.29, 1.82) is 0 Å². The molecule has 1 aliphatic rings. The van der Waals surface area contributed by atoms with Crippen molar-refractivity contribution < 1.29 is 14.8 Å². The van der Waals surface area contributed by atoms with Crippen molar-refractivity contribution in [3.63, 3.8) is 0 Å². The number of hydrogen-bond acceptors (Lipinski definition) is 4. The number of nitro groups is 1. The van der Waals surface area contributed by atoms with E-state index in [9.17, 15) is 20.0 Å². The molecule has 2 rings (SSSR count). The van der Waals surface area contributed by atoms with Crippen LogP contribution in [0.5, 0.6) is 0 Å². The maximum absolute atomic E-state index is 12.5. The van der Waals surface area contributed by atoms with Gasteiger partial charge < -0.3 is 14.6 Å². The van der Waals surface area contributed by atoms with E-state index in [1.807, 2.05) is 6.92 Å². The summed E-state index contributed by atoms with van der Waals surface area (Å²) in [4.78, 5) is 24.3. The van der Waals surface area contributed by atoms with Crippen LogP contribution < -0.4 is 0 Å². The summed E-state index contributed by atoms with van der Waals surface area (Å²) in [6, 6.07) is 1.30. The maximum Gasteiger partial charge on any atom is 0.287 e. The fourth-order valence-corrected chi connectivity index (χ4v) is 2.59. The second kappa shape index (κ2) is 5.24. The van der Waals surface area contributed by atoms with Gasteiger partial charge in [-0.25, -0.2) is 0 Å². The van der Waals surface area contributed by atoms with Gasteiger partial charge in [-0.05, 0) is 26.7 Å². The van der Waals surface area contributed by atoms with Gasteiger partial charge in [0.1, 0.15) is 5.69 Å². The molecule has 0 radical (unpaired) electrons. The van der Waals surface area contributed by atoms with Gasteiger partial charge in [0.15, 0.2) is 0 Å². The van der Waals surface area contributed by atoms with Crippen LogP contribution in [-0.2, 0) is 6.54 Å². The average molecular weight is 281 g/mol. The van der Waals surface area contributed by atoms with Crippen molar-refractivity contribution in [2.75, 3.05) is 13.1 Å². The number of rotatable bonds is 3. The minimum Gasteiger partial charge on any atom is -0.388 e. The first kappa shape index (κ1) is 14.5. The lowest BCUT2D eigenvalue weighted by atomic mass is 9.95. The van der Waals surface area contributed by atoms with E-state index in [0.717, 1.165) is 6.42 Å². The van der Waals surface area contributed by atoms with E-state index in [2.05, 4.69) is 0 Å². The Kier molecular flexibility index (Phi) is 3.80. The van der Waals surface area contributed by atoms with Gasteiger partial charge in [0.25, 0.3) is 11.6 Å². The molecule has 0 spiro atoms. The van der Waals surface area contributed by atoms with E-state index in [1.165, 1.54) is 12.3 Å². The molecule has 1 N–H and O–H groups in total. The number of nitrogens with zero attached hydrogens (tertiary/aromatic N) is 3. The Bertz CT molecular complexity index is 536. The molecule has 1 atom stereocenters. The molecule has 1 amide bonds. The number of piperidine rings is 1. The SMILES string of the molecule is CCn1cc([N+](=O)[O-])cc1C(=O)N1CCCC(C)(O)C1. The quantitative estimate of drug-likeness (QED) is 0.670. The first-order chi connectivity index (χ1) is 9.34. The fraction of sp³-hybridized carbons (Fsp3) is 0.615. The predicted octanol–water partition coefficient (Wildman–Crippen LogP) is 1.40. The molecular weight excluding hydrogens is 262 g/mol. The Morgan fingerprint density at radius 2 is 2.30 bits per heavy atom. The predicted molar refractivity (Wildman–Crippen MR) is 72.5 cm³/mol. The smallest absolute Gasteiger partial charge is 0.287 e. The topological polar surface area (TPSA) is 88.6 Å². The molecule has 110 valence electrons. The zero-order valence-corrected chi connectivity index (χ0v) is 11.7. The molecule has 0 aliphatic carbocycles. The van der Waals surface area contributed by atoms with Crippen LogP contribution in [0.2, 0.25) is 0 Å². The lowest BCUT2D eigenvalue weighted by Crippen LogP contribution is -2.48. The molecule has 1 aromatic heterocycles. The Morgan fingerprint density at radius 1 is 1.60 bits per heavy atom. The highest BCUT2D eigenvalue weighted by molar-refractivity contribution is 5.93. The zero-order valence-electron chi connectivity index (χ0n) is 11.7. The van der Waals surface area contributed by atoms with Crippen LogP contribution in [0.25, 0.3) is 0 Å². The van der Waals surface area contributed by atoms with Gasteiger partial charge in [0.05, 0.1) is 16.7 Å². The summed E-state index contributed by atoms with van der Waals surface area (Å²) in [7, 11) is 0. The third-order valence-electron chi connectivity index (χ3n) is 3.61. The van der Waals surface area contributed by atoms with Gasteiger partial charge in [-0.3, -0.25) is 14.9 Å². The van der Waals surface area contributed by atoms with Gasteiger partial charge >= 0.3 is 0 Å². The van der Waals surface area contributed by atoms with Gasteiger partial charge in [0.2, 0.25) is 0 Å². The highest BCUT2D eigenvalue weighted by atomic mass is 16.6. The molecule has 1 fully saturated rings. The number of aliphatic hydroxyl groups is 1. The molecule has 7 nitrogen and oxygen atoms in total. The summed E-state index contributed by atoms with van der Waals surface area (Å²) in [5.74, 6) is -0.264. The standard InChI is InChI=1S/C13H19N3O4/c1-3-14-8-10(16(19)20)7-11(14)12(17)15-6-4-5-13(2,18)9-15/h7-8,18H,3-6,9H2,1-2H3. The zero-order chi connectivity index (χ0) is 14.9. The van der Waals surface area contributed by atoms with Crippen molar-refractivity contribution in [3.8, 4) is 0 Å². The minimum atomic E-state index is -0.885. The second-order valence-electron chi connectivity index (χ2n) is 5.45.